The van der Waals surface area contributed by atoms with Crippen molar-refractivity contribution in [2.75, 3.05) is 13.2 Å². The molecule has 0 saturated heterocycles. The summed E-state index contributed by atoms with van der Waals surface area (Å²) >= 11 is 0. The summed E-state index contributed by atoms with van der Waals surface area (Å²) < 4.78 is 5.41. The lowest BCUT2D eigenvalue weighted by molar-refractivity contribution is -0.143. The van der Waals surface area contributed by atoms with Gasteiger partial charge in [0, 0.05) is 13.0 Å². The molecular formula is C35H64O3. The lowest BCUT2D eigenvalue weighted by Crippen LogP contribution is -2.05. The quantitative estimate of drug-likeness (QED) is 0.0568. The summed E-state index contributed by atoms with van der Waals surface area (Å²) in [5.41, 5.74) is 0. The average molecular weight is 533 g/mol. The summed E-state index contributed by atoms with van der Waals surface area (Å²) in [5, 5.41) is 8.77. The van der Waals surface area contributed by atoms with Crippen LogP contribution in [-0.4, -0.2) is 24.3 Å². The van der Waals surface area contributed by atoms with Gasteiger partial charge in [0.2, 0.25) is 0 Å². The molecule has 0 aromatic carbocycles. The Hall–Kier alpha value is -1.35. The van der Waals surface area contributed by atoms with E-state index in [9.17, 15) is 4.79 Å². The van der Waals surface area contributed by atoms with Crippen LogP contribution in [0.4, 0.5) is 0 Å². The van der Waals surface area contributed by atoms with E-state index in [-0.39, 0.29) is 5.97 Å². The van der Waals surface area contributed by atoms with Crippen LogP contribution in [0.5, 0.6) is 0 Å². The van der Waals surface area contributed by atoms with E-state index in [0.717, 1.165) is 44.9 Å². The molecule has 0 aromatic rings. The van der Waals surface area contributed by atoms with Crippen LogP contribution in [0.25, 0.3) is 0 Å². The topological polar surface area (TPSA) is 46.5 Å². The van der Waals surface area contributed by atoms with Gasteiger partial charge >= 0.3 is 5.97 Å². The molecule has 0 spiro atoms. The molecule has 0 saturated carbocycles. The summed E-state index contributed by atoms with van der Waals surface area (Å²) in [7, 11) is 0. The van der Waals surface area contributed by atoms with Gasteiger partial charge < -0.3 is 9.84 Å². The van der Waals surface area contributed by atoms with Crippen molar-refractivity contribution >= 4 is 5.97 Å². The predicted octanol–water partition coefficient (Wildman–Crippen LogP) is 11.0. The van der Waals surface area contributed by atoms with E-state index in [2.05, 4.69) is 43.4 Å². The van der Waals surface area contributed by atoms with Crippen LogP contribution in [0.1, 0.15) is 167 Å². The first-order valence-electron chi connectivity index (χ1n) is 16.5. The molecule has 1 N–H and O–H groups in total. The molecule has 0 amide bonds. The molecule has 0 rings (SSSR count). The second kappa shape index (κ2) is 33.7. The van der Waals surface area contributed by atoms with Gasteiger partial charge in [-0.3, -0.25) is 4.79 Å². The monoisotopic (exact) mass is 532 g/mol. The van der Waals surface area contributed by atoms with E-state index >= 15 is 0 Å². The molecule has 0 unspecified atom stereocenters. The van der Waals surface area contributed by atoms with Crippen LogP contribution >= 0.6 is 0 Å². The lowest BCUT2D eigenvalue weighted by Gasteiger charge is -2.05. The van der Waals surface area contributed by atoms with Gasteiger partial charge in [-0.05, 0) is 51.4 Å². The van der Waals surface area contributed by atoms with Crippen LogP contribution in [0, 0.1) is 0 Å². The van der Waals surface area contributed by atoms with Gasteiger partial charge in [-0.2, -0.15) is 0 Å². The summed E-state index contributed by atoms with van der Waals surface area (Å²) in [4.78, 5) is 11.9. The second-order valence-corrected chi connectivity index (χ2v) is 10.8. The molecule has 222 valence electrons. The van der Waals surface area contributed by atoms with Crippen molar-refractivity contribution in [2.24, 2.45) is 0 Å². The summed E-state index contributed by atoms with van der Waals surface area (Å²) in [5.74, 6) is -0.00340. The molecule has 3 heteroatoms. The predicted molar refractivity (Wildman–Crippen MR) is 167 cm³/mol. The number of esters is 1. The number of ether oxygens (including phenoxy) is 1. The van der Waals surface area contributed by atoms with Gasteiger partial charge in [-0.15, -0.1) is 0 Å². The maximum atomic E-state index is 11.9. The maximum absolute atomic E-state index is 11.9. The maximum Gasteiger partial charge on any atom is 0.305 e. The molecule has 0 radical (unpaired) electrons. The van der Waals surface area contributed by atoms with Crippen LogP contribution in [0.15, 0.2) is 36.5 Å². The summed E-state index contributed by atoms with van der Waals surface area (Å²) in [6, 6.07) is 0. The molecule has 0 atom stereocenters. The van der Waals surface area contributed by atoms with Crippen LogP contribution < -0.4 is 0 Å². The summed E-state index contributed by atoms with van der Waals surface area (Å²) in [6.07, 6.45) is 43.5. The number of hydrogen-bond donors (Lipinski definition) is 1. The highest BCUT2D eigenvalue weighted by molar-refractivity contribution is 5.69. The zero-order valence-electron chi connectivity index (χ0n) is 25.3. The van der Waals surface area contributed by atoms with Gasteiger partial charge in [0.15, 0.2) is 0 Å². The zero-order valence-corrected chi connectivity index (χ0v) is 25.3. The number of unbranched alkanes of at least 4 members (excludes halogenated alkanes) is 19. The standard InChI is InChI=1S/C35H64O3/c1-2-3-4-5-6-7-8-9-11-14-17-20-23-26-29-32-35(37)38-34-31-28-25-22-19-16-13-10-12-15-18-21-24-27-30-33-36/h3-4,6-7,9,11,36H,2,5,8,10,12-34H2,1H3/b4-3-,7-6-,11-9-. The molecule has 0 fully saturated rings. The number of allylic oxidation sites excluding steroid dienone is 6. The minimum absolute atomic E-state index is 0.00340. The molecule has 0 aromatic heterocycles. The van der Waals surface area contributed by atoms with Gasteiger partial charge in [-0.1, -0.05) is 146 Å². The van der Waals surface area contributed by atoms with Crippen LogP contribution in [0.2, 0.25) is 0 Å². The minimum atomic E-state index is -0.00340. The number of carbonyl (C=O) groups is 1. The van der Waals surface area contributed by atoms with E-state index in [4.69, 9.17) is 9.84 Å². The number of rotatable bonds is 30. The Kier molecular flexibility index (Phi) is 32.5. The number of carbonyl (C=O) groups excluding carboxylic acids is 1. The minimum Gasteiger partial charge on any atom is -0.466 e. The molecular weight excluding hydrogens is 468 g/mol. The fourth-order valence-corrected chi connectivity index (χ4v) is 4.66. The van der Waals surface area contributed by atoms with E-state index in [1.54, 1.807) is 0 Å². The highest BCUT2D eigenvalue weighted by Crippen LogP contribution is 2.14. The number of aliphatic hydroxyl groups is 1. The SMILES string of the molecule is CC/C=C\C/C=C\C/C=C\CCCCCCCC(=O)OCCCCCCCCCCCCCCCCCO. The Labute approximate surface area is 237 Å². The third-order valence-electron chi connectivity index (χ3n) is 7.10. The van der Waals surface area contributed by atoms with Crippen molar-refractivity contribution in [2.45, 2.75) is 167 Å². The van der Waals surface area contributed by atoms with Gasteiger partial charge in [0.05, 0.1) is 6.61 Å². The highest BCUT2D eigenvalue weighted by atomic mass is 16.5. The second-order valence-electron chi connectivity index (χ2n) is 10.8. The molecule has 0 aliphatic rings. The van der Waals surface area contributed by atoms with Crippen molar-refractivity contribution in [1.29, 1.82) is 0 Å². The Morgan fingerprint density at radius 1 is 0.526 bits per heavy atom. The van der Waals surface area contributed by atoms with Crippen molar-refractivity contribution < 1.29 is 14.6 Å². The van der Waals surface area contributed by atoms with Crippen LogP contribution in [-0.2, 0) is 9.53 Å². The lowest BCUT2D eigenvalue weighted by atomic mass is 10.0. The van der Waals surface area contributed by atoms with Crippen LogP contribution in [0.3, 0.4) is 0 Å². The van der Waals surface area contributed by atoms with Gasteiger partial charge in [0.1, 0.15) is 0 Å². The number of hydrogen-bond acceptors (Lipinski definition) is 3. The van der Waals surface area contributed by atoms with Crippen molar-refractivity contribution in [3.63, 3.8) is 0 Å². The molecule has 0 aliphatic heterocycles. The first-order valence-corrected chi connectivity index (χ1v) is 16.5. The zero-order chi connectivity index (χ0) is 27.6. The van der Waals surface area contributed by atoms with Crippen molar-refractivity contribution in [1.82, 2.24) is 0 Å². The fourth-order valence-electron chi connectivity index (χ4n) is 4.66. The number of aliphatic hydroxyl groups excluding tert-OH is 1. The first-order chi connectivity index (χ1) is 18.8. The van der Waals surface area contributed by atoms with E-state index in [0.29, 0.717) is 19.6 Å². The third-order valence-corrected chi connectivity index (χ3v) is 7.10. The Morgan fingerprint density at radius 3 is 1.47 bits per heavy atom. The highest BCUT2D eigenvalue weighted by Gasteiger charge is 2.02. The Bertz CT molecular complexity index is 549. The molecule has 0 bridgehead atoms. The fraction of sp³-hybridized carbons (Fsp3) is 0.800. The van der Waals surface area contributed by atoms with E-state index in [1.807, 2.05) is 0 Å². The Morgan fingerprint density at radius 2 is 0.947 bits per heavy atom. The van der Waals surface area contributed by atoms with Crippen molar-refractivity contribution in [3.05, 3.63) is 36.5 Å². The Balaban J connectivity index is 3.23. The normalized spacial score (nSPS) is 11.9. The van der Waals surface area contributed by atoms with Crippen molar-refractivity contribution in [3.8, 4) is 0 Å². The largest absolute Gasteiger partial charge is 0.466 e. The molecule has 0 heterocycles. The van der Waals surface area contributed by atoms with E-state index in [1.165, 1.54) is 109 Å². The first kappa shape index (κ1) is 36.6. The smallest absolute Gasteiger partial charge is 0.305 e. The average Bonchev–Trinajstić information content (AvgIpc) is 2.92. The molecule has 0 aliphatic carbocycles. The summed E-state index contributed by atoms with van der Waals surface area (Å²) in [6.45, 7) is 3.12. The van der Waals surface area contributed by atoms with E-state index < -0.39 is 0 Å². The third kappa shape index (κ3) is 32.7. The molecule has 38 heavy (non-hydrogen) atoms. The van der Waals surface area contributed by atoms with Gasteiger partial charge in [0.25, 0.3) is 0 Å². The van der Waals surface area contributed by atoms with Gasteiger partial charge in [-0.25, -0.2) is 0 Å². The molecule has 3 nitrogen and oxygen atoms in total.